The zero-order valence-electron chi connectivity index (χ0n) is 24.0. The van der Waals surface area contributed by atoms with E-state index in [4.69, 9.17) is 13.9 Å². The van der Waals surface area contributed by atoms with E-state index in [-0.39, 0.29) is 16.7 Å². The summed E-state index contributed by atoms with van der Waals surface area (Å²) in [6.45, 7) is 2.52. The average molecular weight is 567 g/mol. The third-order valence-electron chi connectivity index (χ3n) is 11.4. The van der Waals surface area contributed by atoms with Crippen molar-refractivity contribution in [3.8, 4) is 11.1 Å². The summed E-state index contributed by atoms with van der Waals surface area (Å²) in [5.74, 6) is 2.95. The minimum atomic E-state index is -1.12. The molecule has 4 bridgehead atoms. The topological polar surface area (TPSA) is 85.3 Å². The minimum Gasteiger partial charge on any atom is -0.441 e. The number of benzene rings is 2. The van der Waals surface area contributed by atoms with Gasteiger partial charge in [0.15, 0.2) is 17.3 Å². The van der Waals surface area contributed by atoms with E-state index < -0.39 is 11.1 Å². The number of aromatic nitrogens is 3. The Bertz CT molecular complexity index is 1710. The number of carbonyl (C=O) groups is 1. The SMILES string of the molecule is Cc1nc2ccc(-c3cccc(N(CC45CCC(c6nc(C7CC7)no6)(CC4)CC5)C(=O)C45CC(F)(C4)C5)c3)cc2o1. The maximum absolute atomic E-state index is 14.6. The van der Waals surface area contributed by atoms with Crippen LogP contribution in [-0.2, 0) is 10.2 Å². The number of amides is 1. The van der Waals surface area contributed by atoms with Crippen LogP contribution < -0.4 is 4.90 Å². The van der Waals surface area contributed by atoms with E-state index in [0.717, 1.165) is 78.2 Å². The lowest BCUT2D eigenvalue weighted by Crippen LogP contribution is -2.71. The number of aryl methyl sites for hydroxylation is 1. The first-order chi connectivity index (χ1) is 20.3. The summed E-state index contributed by atoms with van der Waals surface area (Å²) >= 11 is 0. The molecule has 0 unspecified atom stereocenters. The van der Waals surface area contributed by atoms with Crippen LogP contribution in [0.2, 0.25) is 0 Å². The van der Waals surface area contributed by atoms with Crippen LogP contribution in [0.15, 0.2) is 51.4 Å². The number of anilines is 1. The van der Waals surface area contributed by atoms with E-state index in [1.54, 1.807) is 0 Å². The van der Waals surface area contributed by atoms with Crippen LogP contribution in [0.1, 0.15) is 94.2 Å². The minimum absolute atomic E-state index is 0.0250. The van der Waals surface area contributed by atoms with E-state index in [9.17, 15) is 9.18 Å². The third-order valence-corrected chi connectivity index (χ3v) is 11.4. The van der Waals surface area contributed by atoms with Crippen molar-refractivity contribution in [1.29, 1.82) is 0 Å². The maximum atomic E-state index is 14.6. The van der Waals surface area contributed by atoms with Gasteiger partial charge in [-0.1, -0.05) is 23.4 Å². The van der Waals surface area contributed by atoms with Gasteiger partial charge in [-0.25, -0.2) is 9.37 Å². The Morgan fingerprint density at radius 1 is 0.976 bits per heavy atom. The van der Waals surface area contributed by atoms with Crippen molar-refractivity contribution in [1.82, 2.24) is 15.1 Å². The Kier molecular flexibility index (Phi) is 4.94. The van der Waals surface area contributed by atoms with Gasteiger partial charge in [0.1, 0.15) is 11.2 Å². The van der Waals surface area contributed by atoms with Gasteiger partial charge in [-0.3, -0.25) is 4.79 Å². The highest BCUT2D eigenvalue weighted by Gasteiger charge is 2.73. The average Bonchev–Trinajstić information content (AvgIpc) is 3.57. The number of fused-ring (bicyclic) bond motifs is 4. The molecule has 7 saturated carbocycles. The van der Waals surface area contributed by atoms with Gasteiger partial charge in [0, 0.05) is 30.5 Å². The molecular weight excluding hydrogens is 531 g/mol. The second-order valence-corrected chi connectivity index (χ2v) is 14.3. The normalized spacial score (nSPS) is 32.9. The number of carbonyl (C=O) groups excluding carboxylic acids is 1. The van der Waals surface area contributed by atoms with Crippen molar-refractivity contribution in [3.05, 3.63) is 60.1 Å². The fourth-order valence-electron chi connectivity index (χ4n) is 8.64. The van der Waals surface area contributed by atoms with E-state index in [1.165, 1.54) is 12.8 Å². The van der Waals surface area contributed by atoms with Gasteiger partial charge in [0.05, 0.1) is 5.41 Å². The monoisotopic (exact) mass is 566 g/mol. The number of alkyl halides is 1. The van der Waals surface area contributed by atoms with Crippen molar-refractivity contribution < 1.29 is 18.1 Å². The molecule has 8 heteroatoms. The van der Waals surface area contributed by atoms with Crippen molar-refractivity contribution in [2.75, 3.05) is 11.4 Å². The molecule has 1 amide bonds. The largest absolute Gasteiger partial charge is 0.441 e. The zero-order chi connectivity index (χ0) is 28.3. The lowest BCUT2D eigenvalue weighted by Gasteiger charge is -2.65. The number of nitrogens with zero attached hydrogens (tertiary/aromatic N) is 4. The lowest BCUT2D eigenvalue weighted by molar-refractivity contribution is -0.211. The quantitative estimate of drug-likeness (QED) is 0.229. The molecule has 2 aromatic carbocycles. The van der Waals surface area contributed by atoms with Gasteiger partial charge in [-0.05, 0) is 111 Å². The first-order valence-electron chi connectivity index (χ1n) is 15.6. The summed E-state index contributed by atoms with van der Waals surface area (Å²) in [4.78, 5) is 25.6. The third kappa shape index (κ3) is 3.69. The molecule has 7 aliphatic carbocycles. The number of rotatable bonds is 7. The van der Waals surface area contributed by atoms with Crippen LogP contribution in [0.5, 0.6) is 0 Å². The predicted molar refractivity (Wildman–Crippen MR) is 155 cm³/mol. The van der Waals surface area contributed by atoms with Crippen molar-refractivity contribution in [2.45, 2.75) is 94.6 Å². The van der Waals surface area contributed by atoms with Gasteiger partial charge >= 0.3 is 0 Å². The van der Waals surface area contributed by atoms with E-state index >= 15 is 0 Å². The summed E-state index contributed by atoms with van der Waals surface area (Å²) < 4.78 is 26.2. The summed E-state index contributed by atoms with van der Waals surface area (Å²) in [6.07, 6.45) is 9.55. The first kappa shape index (κ1) is 25.0. The second kappa shape index (κ2) is 8.29. The molecule has 0 atom stereocenters. The van der Waals surface area contributed by atoms with Crippen LogP contribution in [-0.4, -0.2) is 33.2 Å². The molecular formula is C34H35FN4O3. The Labute approximate surface area is 243 Å². The Morgan fingerprint density at radius 2 is 1.71 bits per heavy atom. The summed E-state index contributed by atoms with van der Waals surface area (Å²) in [5, 5.41) is 4.32. The predicted octanol–water partition coefficient (Wildman–Crippen LogP) is 7.58. The molecule has 0 spiro atoms. The lowest BCUT2D eigenvalue weighted by atomic mass is 9.41. The molecule has 0 aliphatic heterocycles. The van der Waals surface area contributed by atoms with Gasteiger partial charge in [-0.15, -0.1) is 0 Å². The van der Waals surface area contributed by atoms with Crippen molar-refractivity contribution >= 4 is 22.7 Å². The first-order valence-corrected chi connectivity index (χ1v) is 15.6. The molecule has 4 aromatic rings. The molecule has 2 aromatic heterocycles. The molecule has 7 aliphatic rings. The van der Waals surface area contributed by atoms with Crippen LogP contribution in [0.4, 0.5) is 10.1 Å². The molecule has 0 saturated heterocycles. The molecule has 42 heavy (non-hydrogen) atoms. The summed E-state index contributed by atoms with van der Waals surface area (Å²) in [5.41, 5.74) is 2.88. The maximum Gasteiger partial charge on any atom is 0.233 e. The summed E-state index contributed by atoms with van der Waals surface area (Å²) in [7, 11) is 0. The van der Waals surface area contributed by atoms with E-state index in [1.807, 2.05) is 36.1 Å². The number of halogens is 1. The van der Waals surface area contributed by atoms with E-state index in [2.05, 4.69) is 28.3 Å². The molecule has 216 valence electrons. The fourth-order valence-corrected chi connectivity index (χ4v) is 8.64. The van der Waals surface area contributed by atoms with Crippen LogP contribution in [0.25, 0.3) is 22.2 Å². The second-order valence-electron chi connectivity index (χ2n) is 14.3. The highest BCUT2D eigenvalue weighted by atomic mass is 19.1. The number of hydrogen-bond acceptors (Lipinski definition) is 6. The standard InChI is InChI=1S/C34H35FN4O3/c1-21-36-26-8-7-24(16-27(26)41-21)23-3-2-4-25(15-23)39(30(40)33-17-34(35,18-33)19-33)20-31-9-12-32(13-10-31,14-11-31)29-37-28(38-42-29)22-5-6-22/h2-4,7-8,15-16,22H,5-6,9-14,17-20H2,1H3. The molecule has 0 N–H and O–H groups in total. The Balaban J connectivity index is 1.02. The Morgan fingerprint density at radius 3 is 2.43 bits per heavy atom. The van der Waals surface area contributed by atoms with Gasteiger partial charge in [0.25, 0.3) is 0 Å². The molecule has 7 nitrogen and oxygen atoms in total. The molecule has 0 radical (unpaired) electrons. The van der Waals surface area contributed by atoms with Crippen LogP contribution in [0, 0.1) is 17.8 Å². The smallest absolute Gasteiger partial charge is 0.233 e. The highest BCUT2D eigenvalue weighted by Crippen LogP contribution is 2.70. The van der Waals surface area contributed by atoms with E-state index in [0.29, 0.717) is 37.6 Å². The van der Waals surface area contributed by atoms with Crippen molar-refractivity contribution in [3.63, 3.8) is 0 Å². The Hall–Kier alpha value is -3.55. The van der Waals surface area contributed by atoms with Gasteiger partial charge in [-0.2, -0.15) is 4.98 Å². The van der Waals surface area contributed by atoms with Gasteiger partial charge < -0.3 is 13.8 Å². The van der Waals surface area contributed by atoms with Crippen LogP contribution >= 0.6 is 0 Å². The van der Waals surface area contributed by atoms with Crippen molar-refractivity contribution in [2.24, 2.45) is 10.8 Å². The molecule has 11 rings (SSSR count). The number of hydrogen-bond donors (Lipinski definition) is 0. The summed E-state index contributed by atoms with van der Waals surface area (Å²) in [6, 6.07) is 14.3. The molecule has 7 fully saturated rings. The highest BCUT2D eigenvalue weighted by molar-refractivity contribution is 6.00. The molecule has 2 heterocycles. The van der Waals surface area contributed by atoms with Gasteiger partial charge in [0.2, 0.25) is 11.8 Å². The fraction of sp³-hybridized carbons (Fsp3) is 0.529. The zero-order valence-corrected chi connectivity index (χ0v) is 24.0. The number of oxazole rings is 1. The van der Waals surface area contributed by atoms with Crippen LogP contribution in [0.3, 0.4) is 0 Å².